The molecule has 2 aromatic rings. The van der Waals surface area contributed by atoms with E-state index in [1.165, 1.54) is 18.5 Å². The van der Waals surface area contributed by atoms with Crippen LogP contribution < -0.4 is 10.6 Å². The van der Waals surface area contributed by atoms with Gasteiger partial charge in [-0.25, -0.2) is 14.4 Å². The van der Waals surface area contributed by atoms with Crippen LogP contribution >= 0.6 is 22.6 Å². The zero-order valence-electron chi connectivity index (χ0n) is 9.96. The quantitative estimate of drug-likeness (QED) is 0.827. The predicted octanol–water partition coefficient (Wildman–Crippen LogP) is 3.31. The first-order valence-corrected chi connectivity index (χ1v) is 6.41. The summed E-state index contributed by atoms with van der Waals surface area (Å²) in [6.45, 7) is 1.92. The molecule has 18 heavy (non-hydrogen) atoms. The van der Waals surface area contributed by atoms with E-state index in [0.717, 1.165) is 20.6 Å². The molecule has 0 saturated carbocycles. The van der Waals surface area contributed by atoms with Crippen LogP contribution in [0, 0.1) is 16.3 Å². The molecule has 94 valence electrons. The molecule has 1 heterocycles. The van der Waals surface area contributed by atoms with Gasteiger partial charge >= 0.3 is 0 Å². The van der Waals surface area contributed by atoms with Gasteiger partial charge in [0.15, 0.2) is 0 Å². The van der Waals surface area contributed by atoms with Crippen LogP contribution in [0.25, 0.3) is 0 Å². The van der Waals surface area contributed by atoms with Gasteiger partial charge in [-0.15, -0.1) is 0 Å². The summed E-state index contributed by atoms with van der Waals surface area (Å²) >= 11 is 2.08. The summed E-state index contributed by atoms with van der Waals surface area (Å²) in [4.78, 5) is 8.30. The second-order valence-electron chi connectivity index (χ2n) is 3.70. The van der Waals surface area contributed by atoms with Gasteiger partial charge in [0.1, 0.15) is 23.8 Å². The summed E-state index contributed by atoms with van der Waals surface area (Å²) < 4.78 is 13.8. The van der Waals surface area contributed by atoms with E-state index in [0.29, 0.717) is 5.82 Å². The molecule has 0 aliphatic rings. The zero-order valence-corrected chi connectivity index (χ0v) is 12.1. The molecule has 0 spiro atoms. The van der Waals surface area contributed by atoms with E-state index in [4.69, 9.17) is 0 Å². The third-order valence-corrected chi connectivity index (χ3v) is 3.40. The average Bonchev–Trinajstić information content (AvgIpc) is 2.35. The van der Waals surface area contributed by atoms with Crippen LogP contribution in [0.3, 0.4) is 0 Å². The summed E-state index contributed by atoms with van der Waals surface area (Å²) in [5.74, 6) is 1.23. The summed E-state index contributed by atoms with van der Waals surface area (Å²) in [6.07, 6.45) is 1.48. The molecule has 1 aromatic heterocycles. The fraction of sp³-hybridized carbons (Fsp3) is 0.167. The number of rotatable bonds is 3. The van der Waals surface area contributed by atoms with Crippen molar-refractivity contribution >= 4 is 39.9 Å². The van der Waals surface area contributed by atoms with Crippen molar-refractivity contribution in [1.82, 2.24) is 9.97 Å². The molecule has 0 bridgehead atoms. The van der Waals surface area contributed by atoms with Gasteiger partial charge < -0.3 is 10.6 Å². The van der Waals surface area contributed by atoms with E-state index in [2.05, 4.69) is 43.2 Å². The largest absolute Gasteiger partial charge is 0.373 e. The monoisotopic (exact) mass is 358 g/mol. The lowest BCUT2D eigenvalue weighted by Crippen LogP contribution is -2.03. The Morgan fingerprint density at radius 2 is 1.94 bits per heavy atom. The molecule has 6 heteroatoms. The third kappa shape index (κ3) is 2.69. The number of nitrogens with one attached hydrogen (secondary N) is 2. The molecule has 0 saturated heterocycles. The van der Waals surface area contributed by atoms with Crippen LogP contribution in [0.4, 0.5) is 21.7 Å². The molecule has 2 rings (SSSR count). The van der Waals surface area contributed by atoms with Crippen LogP contribution in [0.15, 0.2) is 24.5 Å². The zero-order chi connectivity index (χ0) is 13.1. The molecule has 0 fully saturated rings. The normalized spacial score (nSPS) is 10.2. The first-order chi connectivity index (χ1) is 8.61. The van der Waals surface area contributed by atoms with Gasteiger partial charge in [0.2, 0.25) is 0 Å². The molecular formula is C12H12FIN4. The summed E-state index contributed by atoms with van der Waals surface area (Å²) in [7, 11) is 1.81. The minimum atomic E-state index is -0.250. The van der Waals surface area contributed by atoms with Crippen molar-refractivity contribution in [1.29, 1.82) is 0 Å². The maximum Gasteiger partial charge on any atom is 0.138 e. The number of aromatic nitrogens is 2. The first kappa shape index (κ1) is 13.0. The highest BCUT2D eigenvalue weighted by atomic mass is 127. The van der Waals surface area contributed by atoms with Gasteiger partial charge in [0, 0.05) is 16.2 Å². The molecule has 0 aliphatic carbocycles. The number of benzene rings is 1. The molecule has 0 atom stereocenters. The maximum atomic E-state index is 13.0. The molecule has 0 aliphatic heterocycles. The average molecular weight is 358 g/mol. The Kier molecular flexibility index (Phi) is 3.95. The lowest BCUT2D eigenvalue weighted by Gasteiger charge is -2.12. The van der Waals surface area contributed by atoms with Crippen molar-refractivity contribution < 1.29 is 4.39 Å². The SMILES string of the molecule is CNc1ncnc(Nc2ccc(F)cc2I)c1C. The second kappa shape index (κ2) is 5.47. The Bertz CT molecular complexity index is 574. The van der Waals surface area contributed by atoms with E-state index in [-0.39, 0.29) is 5.82 Å². The lowest BCUT2D eigenvalue weighted by molar-refractivity contribution is 0.627. The highest BCUT2D eigenvalue weighted by Gasteiger charge is 2.08. The maximum absolute atomic E-state index is 13.0. The fourth-order valence-corrected chi connectivity index (χ4v) is 2.16. The molecule has 0 unspecified atom stereocenters. The number of halogens is 2. The Balaban J connectivity index is 2.34. The van der Waals surface area contributed by atoms with Gasteiger partial charge in [0.25, 0.3) is 0 Å². The highest BCUT2D eigenvalue weighted by Crippen LogP contribution is 2.25. The summed E-state index contributed by atoms with van der Waals surface area (Å²) in [5, 5.41) is 6.17. The molecule has 0 radical (unpaired) electrons. The van der Waals surface area contributed by atoms with Gasteiger partial charge in [-0.05, 0) is 47.7 Å². The molecular weight excluding hydrogens is 346 g/mol. The molecule has 1 aromatic carbocycles. The fourth-order valence-electron chi connectivity index (χ4n) is 1.55. The van der Waals surface area contributed by atoms with Crippen molar-refractivity contribution in [3.8, 4) is 0 Å². The van der Waals surface area contributed by atoms with Crippen LogP contribution in [0.2, 0.25) is 0 Å². The van der Waals surface area contributed by atoms with Crippen LogP contribution in [0.5, 0.6) is 0 Å². The Labute approximate surface area is 118 Å². The standard InChI is InChI=1S/C12H12FIN4/c1-7-11(15-2)16-6-17-12(7)18-10-4-3-8(13)5-9(10)14/h3-6H,1-2H3,(H2,15,16,17,18). The van der Waals surface area contributed by atoms with Gasteiger partial charge in [-0.3, -0.25) is 0 Å². The van der Waals surface area contributed by atoms with Crippen molar-refractivity contribution in [2.75, 3.05) is 17.7 Å². The molecule has 0 amide bonds. The van der Waals surface area contributed by atoms with E-state index in [1.807, 2.05) is 6.92 Å². The Morgan fingerprint density at radius 1 is 1.22 bits per heavy atom. The van der Waals surface area contributed by atoms with E-state index < -0.39 is 0 Å². The van der Waals surface area contributed by atoms with Crippen LogP contribution in [0.1, 0.15) is 5.56 Å². The lowest BCUT2D eigenvalue weighted by atomic mass is 10.2. The first-order valence-electron chi connectivity index (χ1n) is 5.33. The van der Waals surface area contributed by atoms with Crippen molar-refractivity contribution in [2.24, 2.45) is 0 Å². The number of hydrogen-bond donors (Lipinski definition) is 2. The molecule has 2 N–H and O–H groups in total. The van der Waals surface area contributed by atoms with E-state index in [1.54, 1.807) is 13.1 Å². The predicted molar refractivity (Wildman–Crippen MR) is 78.7 cm³/mol. The second-order valence-corrected chi connectivity index (χ2v) is 4.86. The molecule has 4 nitrogen and oxygen atoms in total. The van der Waals surface area contributed by atoms with Crippen LogP contribution in [-0.2, 0) is 0 Å². The number of anilines is 3. The Morgan fingerprint density at radius 3 is 2.61 bits per heavy atom. The van der Waals surface area contributed by atoms with Gasteiger partial charge in [0.05, 0.1) is 5.69 Å². The van der Waals surface area contributed by atoms with E-state index >= 15 is 0 Å². The Hall–Kier alpha value is -1.44. The van der Waals surface area contributed by atoms with E-state index in [9.17, 15) is 4.39 Å². The highest BCUT2D eigenvalue weighted by molar-refractivity contribution is 14.1. The van der Waals surface area contributed by atoms with Crippen molar-refractivity contribution in [3.63, 3.8) is 0 Å². The summed E-state index contributed by atoms with van der Waals surface area (Å²) in [6, 6.07) is 4.58. The minimum absolute atomic E-state index is 0.250. The third-order valence-electron chi connectivity index (χ3n) is 2.51. The number of hydrogen-bond acceptors (Lipinski definition) is 4. The smallest absolute Gasteiger partial charge is 0.138 e. The van der Waals surface area contributed by atoms with Crippen molar-refractivity contribution in [2.45, 2.75) is 6.92 Å². The number of nitrogens with zero attached hydrogens (tertiary/aromatic N) is 2. The topological polar surface area (TPSA) is 49.8 Å². The van der Waals surface area contributed by atoms with Gasteiger partial charge in [-0.1, -0.05) is 0 Å². The van der Waals surface area contributed by atoms with Crippen molar-refractivity contribution in [3.05, 3.63) is 39.5 Å². The minimum Gasteiger partial charge on any atom is -0.373 e. The van der Waals surface area contributed by atoms with Gasteiger partial charge in [-0.2, -0.15) is 0 Å². The van der Waals surface area contributed by atoms with Crippen LogP contribution in [-0.4, -0.2) is 17.0 Å². The summed E-state index contributed by atoms with van der Waals surface area (Å²) in [5.41, 5.74) is 1.74.